The molecular weight excluding hydrogens is 473 g/mol. The van der Waals surface area contributed by atoms with E-state index in [2.05, 4.69) is 9.97 Å². The summed E-state index contributed by atoms with van der Waals surface area (Å²) < 4.78 is 40.7. The fourth-order valence-corrected chi connectivity index (χ4v) is 5.74. The predicted molar refractivity (Wildman–Crippen MR) is 121 cm³/mol. The van der Waals surface area contributed by atoms with Crippen molar-refractivity contribution in [1.29, 1.82) is 0 Å². The topological polar surface area (TPSA) is 66.4 Å². The number of alkyl halides is 3. The lowest BCUT2D eigenvalue weighted by molar-refractivity contribution is -0.142. The van der Waals surface area contributed by atoms with Crippen molar-refractivity contribution in [3.63, 3.8) is 0 Å². The average Bonchev–Trinajstić information content (AvgIpc) is 3.37. The molecule has 0 atom stereocenters. The van der Waals surface area contributed by atoms with Crippen LogP contribution in [0, 0.1) is 0 Å². The van der Waals surface area contributed by atoms with Gasteiger partial charge in [-0.3, -0.25) is 9.59 Å². The minimum atomic E-state index is -4.67. The largest absolute Gasteiger partial charge is 0.433 e. The first-order valence-electron chi connectivity index (χ1n) is 11.1. The molecular formula is C22H25F3N4O2S2. The zero-order valence-electron chi connectivity index (χ0n) is 18.0. The molecule has 2 aromatic heterocycles. The summed E-state index contributed by atoms with van der Waals surface area (Å²) in [7, 11) is 0. The number of thiophene rings is 1. The van der Waals surface area contributed by atoms with E-state index in [1.54, 1.807) is 27.3 Å². The van der Waals surface area contributed by atoms with Crippen LogP contribution in [-0.2, 0) is 15.8 Å². The van der Waals surface area contributed by atoms with E-state index in [4.69, 9.17) is 0 Å². The summed E-state index contributed by atoms with van der Waals surface area (Å²) in [6, 6.07) is 4.31. The van der Waals surface area contributed by atoms with Crippen LogP contribution in [-0.4, -0.2) is 63.0 Å². The highest BCUT2D eigenvalue weighted by Crippen LogP contribution is 2.35. The molecule has 178 valence electrons. The second kappa shape index (κ2) is 10.4. The van der Waals surface area contributed by atoms with Crippen molar-refractivity contribution in [3.05, 3.63) is 29.3 Å². The van der Waals surface area contributed by atoms with Crippen LogP contribution < -0.4 is 0 Å². The number of thioether (sulfide) groups is 1. The normalized spacial score (nSPS) is 17.5. The first kappa shape index (κ1) is 24.0. The minimum Gasteiger partial charge on any atom is -0.341 e. The Hall–Kier alpha value is -2.14. The van der Waals surface area contributed by atoms with Gasteiger partial charge in [0.2, 0.25) is 11.8 Å². The Bertz CT molecular complexity index is 943. The van der Waals surface area contributed by atoms with E-state index in [-0.39, 0.29) is 22.7 Å². The van der Waals surface area contributed by atoms with Crippen molar-refractivity contribution in [3.8, 4) is 10.6 Å². The van der Waals surface area contributed by atoms with Crippen molar-refractivity contribution in [1.82, 2.24) is 19.8 Å². The number of nitrogens with zero attached hydrogens (tertiary/aromatic N) is 4. The summed E-state index contributed by atoms with van der Waals surface area (Å²) in [6.07, 6.45) is 0.763. The van der Waals surface area contributed by atoms with Crippen LogP contribution in [0.1, 0.15) is 44.2 Å². The molecule has 0 aliphatic carbocycles. The van der Waals surface area contributed by atoms with Crippen LogP contribution >= 0.6 is 23.1 Å². The van der Waals surface area contributed by atoms with Crippen molar-refractivity contribution >= 4 is 34.9 Å². The summed E-state index contributed by atoms with van der Waals surface area (Å²) in [4.78, 5) is 38.6. The van der Waals surface area contributed by atoms with Crippen molar-refractivity contribution in [2.75, 3.05) is 26.2 Å². The van der Waals surface area contributed by atoms with E-state index in [9.17, 15) is 22.8 Å². The molecule has 0 saturated carbocycles. The molecule has 2 saturated heterocycles. The van der Waals surface area contributed by atoms with Crippen LogP contribution in [0.5, 0.6) is 0 Å². The number of aromatic nitrogens is 2. The fraction of sp³-hybridized carbons (Fsp3) is 0.545. The van der Waals surface area contributed by atoms with Gasteiger partial charge in [0.05, 0.1) is 10.6 Å². The molecule has 4 heterocycles. The SMILES string of the molecule is O=C(C(Sc1nc(-c2cccs2)cc(C(F)(F)F)n1)C(=O)N1CCCCC1)N1CCCCC1. The Morgan fingerprint density at radius 2 is 1.52 bits per heavy atom. The lowest BCUT2D eigenvalue weighted by Gasteiger charge is -2.33. The number of rotatable bonds is 5. The van der Waals surface area contributed by atoms with E-state index in [0.29, 0.717) is 31.1 Å². The number of hydrogen-bond acceptors (Lipinski definition) is 6. The lowest BCUT2D eigenvalue weighted by atomic mass is 10.1. The van der Waals surface area contributed by atoms with Gasteiger partial charge >= 0.3 is 6.18 Å². The number of hydrogen-bond donors (Lipinski definition) is 0. The second-order valence-corrected chi connectivity index (χ2v) is 10.2. The van der Waals surface area contributed by atoms with Crippen LogP contribution in [0.2, 0.25) is 0 Å². The average molecular weight is 499 g/mol. The van der Waals surface area contributed by atoms with Crippen molar-refractivity contribution in [2.45, 2.75) is 55.1 Å². The highest BCUT2D eigenvalue weighted by molar-refractivity contribution is 8.01. The minimum absolute atomic E-state index is 0.129. The van der Waals surface area contributed by atoms with E-state index in [1.807, 2.05) is 0 Å². The number of amides is 2. The van der Waals surface area contributed by atoms with Crippen LogP contribution in [0.25, 0.3) is 10.6 Å². The summed E-state index contributed by atoms with van der Waals surface area (Å²) in [6.45, 7) is 2.19. The van der Waals surface area contributed by atoms with E-state index >= 15 is 0 Å². The number of likely N-dealkylation sites (tertiary alicyclic amines) is 2. The molecule has 2 fully saturated rings. The van der Waals surface area contributed by atoms with Crippen LogP contribution in [0.4, 0.5) is 13.2 Å². The Labute approximate surface area is 198 Å². The quantitative estimate of drug-likeness (QED) is 0.339. The number of piperidine rings is 2. The Balaban J connectivity index is 1.67. The number of carbonyl (C=O) groups is 2. The van der Waals surface area contributed by atoms with Crippen molar-refractivity contribution < 1.29 is 22.8 Å². The zero-order chi connectivity index (χ0) is 23.4. The Morgan fingerprint density at radius 3 is 2.00 bits per heavy atom. The summed E-state index contributed by atoms with van der Waals surface area (Å²) >= 11 is 2.00. The molecule has 0 N–H and O–H groups in total. The molecule has 2 aromatic rings. The predicted octanol–water partition coefficient (Wildman–Crippen LogP) is 4.71. The van der Waals surface area contributed by atoms with Gasteiger partial charge in [0.25, 0.3) is 0 Å². The Kier molecular flexibility index (Phi) is 7.58. The molecule has 0 aromatic carbocycles. The van der Waals surface area contributed by atoms with Gasteiger partial charge in [-0.1, -0.05) is 17.8 Å². The molecule has 0 unspecified atom stereocenters. The molecule has 2 aliphatic heterocycles. The highest BCUT2D eigenvalue weighted by Gasteiger charge is 2.38. The van der Waals surface area contributed by atoms with Gasteiger partial charge in [0.15, 0.2) is 10.4 Å². The van der Waals surface area contributed by atoms with Gasteiger partial charge in [0.1, 0.15) is 5.69 Å². The summed E-state index contributed by atoms with van der Waals surface area (Å²) in [5.41, 5.74) is -0.956. The molecule has 2 amide bonds. The van der Waals surface area contributed by atoms with Crippen molar-refractivity contribution in [2.24, 2.45) is 0 Å². The number of halogens is 3. The monoisotopic (exact) mass is 498 g/mol. The Morgan fingerprint density at radius 1 is 0.939 bits per heavy atom. The molecule has 4 rings (SSSR count). The molecule has 33 heavy (non-hydrogen) atoms. The maximum absolute atomic E-state index is 13.6. The smallest absolute Gasteiger partial charge is 0.341 e. The number of carbonyl (C=O) groups excluding carboxylic acids is 2. The first-order valence-corrected chi connectivity index (χ1v) is 12.8. The molecule has 2 aliphatic rings. The third-order valence-corrected chi connectivity index (χ3v) is 7.70. The molecule has 6 nitrogen and oxygen atoms in total. The summed E-state index contributed by atoms with van der Waals surface area (Å²) in [5.74, 6) is -0.733. The second-order valence-electron chi connectivity index (χ2n) is 8.17. The third kappa shape index (κ3) is 5.87. The van der Waals surface area contributed by atoms with E-state index < -0.39 is 17.1 Å². The molecule has 0 bridgehead atoms. The molecule has 0 spiro atoms. The van der Waals surface area contributed by atoms with Gasteiger partial charge in [-0.2, -0.15) is 13.2 Å². The zero-order valence-corrected chi connectivity index (χ0v) is 19.6. The van der Waals surface area contributed by atoms with E-state index in [1.165, 1.54) is 11.3 Å². The standard InChI is InChI=1S/C22H25F3N4O2S2/c23-22(24,25)17-14-15(16-8-7-13-32-16)26-21(27-17)33-18(19(30)28-9-3-1-4-10-28)20(31)29-11-5-2-6-12-29/h7-8,13-14,18H,1-6,9-12H2. The molecule has 11 heteroatoms. The van der Waals surface area contributed by atoms with Gasteiger partial charge in [0, 0.05) is 26.2 Å². The lowest BCUT2D eigenvalue weighted by Crippen LogP contribution is -2.50. The third-order valence-electron chi connectivity index (χ3n) is 5.78. The van der Waals surface area contributed by atoms with Gasteiger partial charge in [-0.25, -0.2) is 9.97 Å². The highest BCUT2D eigenvalue weighted by atomic mass is 32.2. The first-order chi connectivity index (χ1) is 15.8. The van der Waals surface area contributed by atoms with Crippen LogP contribution in [0.3, 0.4) is 0 Å². The maximum Gasteiger partial charge on any atom is 0.433 e. The van der Waals surface area contributed by atoms with Gasteiger partial charge in [-0.15, -0.1) is 11.3 Å². The van der Waals surface area contributed by atoms with Crippen LogP contribution in [0.15, 0.2) is 28.7 Å². The summed E-state index contributed by atoms with van der Waals surface area (Å²) in [5, 5.41) is 0.343. The maximum atomic E-state index is 13.6. The van der Waals surface area contributed by atoms with E-state index in [0.717, 1.165) is 56.4 Å². The van der Waals surface area contributed by atoms with Gasteiger partial charge < -0.3 is 9.80 Å². The fourth-order valence-electron chi connectivity index (χ4n) is 4.05. The van der Waals surface area contributed by atoms with Gasteiger partial charge in [-0.05, 0) is 56.0 Å². The molecule has 0 radical (unpaired) electrons.